The molecule has 0 saturated heterocycles. The van der Waals surface area contributed by atoms with E-state index >= 15 is 0 Å². The Bertz CT molecular complexity index is 1470. The maximum absolute atomic E-state index is 13.5. The molecule has 1 aliphatic carbocycles. The Hall–Kier alpha value is -2.74. The molecule has 0 bridgehead atoms. The van der Waals surface area contributed by atoms with E-state index in [1.54, 1.807) is 29.9 Å². The molecule has 9 heteroatoms. The van der Waals surface area contributed by atoms with Gasteiger partial charge in [-0.25, -0.2) is 4.98 Å². The Labute approximate surface area is 213 Å². The molecule has 1 N–H and O–H groups in total. The number of benzene rings is 1. The number of rotatable bonds is 4. The smallest absolute Gasteiger partial charge is 0.498 e. The average molecular weight is 513 g/mol. The van der Waals surface area contributed by atoms with Crippen LogP contribution in [0.2, 0.25) is 10.0 Å². The van der Waals surface area contributed by atoms with Gasteiger partial charge in [-0.1, -0.05) is 23.2 Å². The van der Waals surface area contributed by atoms with Gasteiger partial charge in [0.25, 0.3) is 0 Å². The fraction of sp³-hybridized carbons (Fsp3) is 0.385. The van der Waals surface area contributed by atoms with Crippen molar-refractivity contribution >= 4 is 45.1 Å². The minimum absolute atomic E-state index is 0.0519. The maximum Gasteiger partial charge on any atom is 0.498 e. The van der Waals surface area contributed by atoms with Gasteiger partial charge < -0.3 is 10.0 Å². The third kappa shape index (κ3) is 4.48. The van der Waals surface area contributed by atoms with Crippen LogP contribution in [0.5, 0.6) is 5.75 Å². The molecule has 7 nitrogen and oxygen atoms in total. The summed E-state index contributed by atoms with van der Waals surface area (Å²) in [4.78, 5) is 25.2. The summed E-state index contributed by atoms with van der Waals surface area (Å²) in [5, 5.41) is 11.1. The number of hydrogen-bond acceptors (Lipinski definition) is 5. The SMILES string of the molecule is CN(C)CC1CCC(n2c(=O)[n+](C)cc3cnc4ccc(-c5cc(Cl)c(O)c(Cl)c5)nc4c32)CC1. The van der Waals surface area contributed by atoms with Crippen LogP contribution in [0.15, 0.2) is 41.5 Å². The number of phenols is 1. The zero-order chi connectivity index (χ0) is 24.9. The number of nitrogens with zero attached hydrogens (tertiary/aromatic N) is 5. The van der Waals surface area contributed by atoms with Gasteiger partial charge in [-0.2, -0.15) is 13.9 Å². The number of aromatic nitrogens is 4. The van der Waals surface area contributed by atoms with E-state index in [9.17, 15) is 9.90 Å². The van der Waals surface area contributed by atoms with Gasteiger partial charge in [0.1, 0.15) is 17.8 Å². The molecular formula is C26H28Cl2N5O2+. The van der Waals surface area contributed by atoms with Gasteiger partial charge in [0, 0.05) is 18.3 Å². The average Bonchev–Trinajstić information content (AvgIpc) is 2.83. The van der Waals surface area contributed by atoms with Crippen molar-refractivity contribution in [2.75, 3.05) is 20.6 Å². The molecule has 3 heterocycles. The molecular weight excluding hydrogens is 485 g/mol. The van der Waals surface area contributed by atoms with Crippen LogP contribution >= 0.6 is 23.2 Å². The van der Waals surface area contributed by atoms with E-state index in [2.05, 4.69) is 24.0 Å². The van der Waals surface area contributed by atoms with Gasteiger partial charge in [-0.05, 0) is 70.0 Å². The molecule has 0 unspecified atom stereocenters. The van der Waals surface area contributed by atoms with Crippen LogP contribution in [0.3, 0.4) is 0 Å². The minimum atomic E-state index is -0.156. The first-order valence-electron chi connectivity index (χ1n) is 11.8. The molecule has 3 aromatic heterocycles. The first-order chi connectivity index (χ1) is 16.7. The van der Waals surface area contributed by atoms with E-state index in [0.717, 1.165) is 43.1 Å². The van der Waals surface area contributed by atoms with Crippen LogP contribution in [0.1, 0.15) is 31.7 Å². The monoisotopic (exact) mass is 512 g/mol. The number of aryl methyl sites for hydroxylation is 1. The Balaban J connectivity index is 1.68. The van der Waals surface area contributed by atoms with Crippen molar-refractivity contribution < 1.29 is 9.67 Å². The lowest BCUT2D eigenvalue weighted by Gasteiger charge is -2.29. The predicted octanol–water partition coefficient (Wildman–Crippen LogP) is 4.74. The summed E-state index contributed by atoms with van der Waals surface area (Å²) in [5.41, 5.74) is 3.43. The zero-order valence-electron chi connectivity index (χ0n) is 20.0. The van der Waals surface area contributed by atoms with E-state index in [1.807, 2.05) is 22.9 Å². The number of phenolic OH excluding ortho intramolecular Hbond substituents is 1. The fourth-order valence-electron chi connectivity index (χ4n) is 5.26. The molecule has 1 aromatic carbocycles. The lowest BCUT2D eigenvalue weighted by molar-refractivity contribution is -0.689. The van der Waals surface area contributed by atoms with Crippen LogP contribution < -0.4 is 10.3 Å². The Morgan fingerprint density at radius 2 is 1.83 bits per heavy atom. The molecule has 5 rings (SSSR count). The number of aromatic hydroxyl groups is 1. The summed E-state index contributed by atoms with van der Waals surface area (Å²) < 4.78 is 3.56. The third-order valence-electron chi connectivity index (χ3n) is 6.91. The maximum atomic E-state index is 13.5. The van der Waals surface area contributed by atoms with Gasteiger partial charge in [0.05, 0.1) is 33.7 Å². The molecule has 0 spiro atoms. The van der Waals surface area contributed by atoms with Gasteiger partial charge in [-0.3, -0.25) is 4.98 Å². The second-order valence-corrected chi connectivity index (χ2v) is 10.6. The lowest BCUT2D eigenvalue weighted by Crippen LogP contribution is -2.52. The van der Waals surface area contributed by atoms with Gasteiger partial charge in [0.2, 0.25) is 0 Å². The van der Waals surface area contributed by atoms with Crippen molar-refractivity contribution in [2.45, 2.75) is 31.7 Å². The Kier molecular flexibility index (Phi) is 6.42. The van der Waals surface area contributed by atoms with E-state index in [-0.39, 0.29) is 27.5 Å². The number of hydrogen-bond donors (Lipinski definition) is 1. The van der Waals surface area contributed by atoms with Gasteiger partial charge >= 0.3 is 5.69 Å². The highest BCUT2D eigenvalue weighted by atomic mass is 35.5. The summed E-state index contributed by atoms with van der Waals surface area (Å²) in [7, 11) is 6.00. The van der Waals surface area contributed by atoms with Crippen LogP contribution in [0.4, 0.5) is 0 Å². The second-order valence-electron chi connectivity index (χ2n) is 9.74. The lowest BCUT2D eigenvalue weighted by atomic mass is 9.85. The van der Waals surface area contributed by atoms with Crippen molar-refractivity contribution in [3.8, 4) is 17.0 Å². The molecule has 0 aliphatic heterocycles. The molecule has 4 aromatic rings. The van der Waals surface area contributed by atoms with Crippen molar-refractivity contribution in [3.05, 3.63) is 57.2 Å². The van der Waals surface area contributed by atoms with Crippen molar-refractivity contribution in [3.63, 3.8) is 0 Å². The van der Waals surface area contributed by atoms with Crippen molar-refractivity contribution in [2.24, 2.45) is 13.0 Å². The van der Waals surface area contributed by atoms with Gasteiger partial charge in [-0.15, -0.1) is 0 Å². The summed E-state index contributed by atoms with van der Waals surface area (Å²) in [6.07, 6.45) is 7.69. The number of fused-ring (bicyclic) bond motifs is 3. The van der Waals surface area contributed by atoms with E-state index in [4.69, 9.17) is 28.2 Å². The van der Waals surface area contributed by atoms with Crippen molar-refractivity contribution in [1.29, 1.82) is 0 Å². The molecule has 0 amide bonds. The molecule has 0 atom stereocenters. The normalized spacial score (nSPS) is 18.6. The van der Waals surface area contributed by atoms with Crippen LogP contribution in [-0.2, 0) is 7.05 Å². The third-order valence-corrected chi connectivity index (χ3v) is 7.49. The first-order valence-corrected chi connectivity index (χ1v) is 12.5. The molecule has 1 aliphatic rings. The predicted molar refractivity (Wildman–Crippen MR) is 139 cm³/mol. The van der Waals surface area contributed by atoms with Crippen LogP contribution in [0.25, 0.3) is 33.2 Å². The summed E-state index contributed by atoms with van der Waals surface area (Å²) in [6.45, 7) is 1.07. The Morgan fingerprint density at radius 1 is 1.14 bits per heavy atom. The van der Waals surface area contributed by atoms with Gasteiger partial charge in [0.15, 0.2) is 11.3 Å². The van der Waals surface area contributed by atoms with Crippen LogP contribution in [-0.4, -0.2) is 45.2 Å². The van der Waals surface area contributed by atoms with Crippen molar-refractivity contribution in [1.82, 2.24) is 19.4 Å². The van der Waals surface area contributed by atoms with E-state index in [0.29, 0.717) is 28.2 Å². The van der Waals surface area contributed by atoms with Crippen LogP contribution in [0, 0.1) is 5.92 Å². The molecule has 0 radical (unpaired) electrons. The largest absolute Gasteiger partial charge is 0.505 e. The fourth-order valence-corrected chi connectivity index (χ4v) is 5.75. The summed E-state index contributed by atoms with van der Waals surface area (Å²) in [5.74, 6) is 0.490. The first kappa shape index (κ1) is 24.0. The van der Waals surface area contributed by atoms with E-state index < -0.39 is 0 Å². The molecule has 1 fully saturated rings. The number of pyridine rings is 2. The summed E-state index contributed by atoms with van der Waals surface area (Å²) in [6, 6.07) is 7.10. The minimum Gasteiger partial charge on any atom is -0.505 e. The molecule has 1 saturated carbocycles. The number of halogens is 2. The zero-order valence-corrected chi connectivity index (χ0v) is 21.5. The molecule has 35 heavy (non-hydrogen) atoms. The highest BCUT2D eigenvalue weighted by molar-refractivity contribution is 6.37. The molecule has 182 valence electrons. The standard InChI is InChI=1S/C26H27Cl2N5O2/c1-31(2)13-15-4-6-18(7-5-15)33-24-17(14-32(3)26(33)35)12-29-22-9-8-21(30-23(22)24)16-10-19(27)25(34)20(28)11-16/h8-12,14-15,18H,4-7,13H2,1-3H3/p+1. The highest BCUT2D eigenvalue weighted by Gasteiger charge is 2.31. The Morgan fingerprint density at radius 3 is 2.49 bits per heavy atom. The second kappa shape index (κ2) is 9.37. The topological polar surface area (TPSA) is 75.1 Å². The summed E-state index contributed by atoms with van der Waals surface area (Å²) >= 11 is 12.3. The highest BCUT2D eigenvalue weighted by Crippen LogP contribution is 2.37. The quantitative estimate of drug-likeness (QED) is 0.315. The van der Waals surface area contributed by atoms with E-state index in [1.165, 1.54) is 0 Å².